The van der Waals surface area contributed by atoms with E-state index in [1.54, 1.807) is 25.2 Å². The van der Waals surface area contributed by atoms with E-state index in [4.69, 9.17) is 11.6 Å². The van der Waals surface area contributed by atoms with Crippen molar-refractivity contribution in [2.75, 3.05) is 18.9 Å². The summed E-state index contributed by atoms with van der Waals surface area (Å²) in [4.78, 5) is 15.9. The molecule has 0 heterocycles. The number of guanidine groups is 1. The van der Waals surface area contributed by atoms with Gasteiger partial charge in [-0.3, -0.25) is 9.79 Å². The Morgan fingerprint density at radius 1 is 1.16 bits per heavy atom. The van der Waals surface area contributed by atoms with Crippen molar-refractivity contribution in [2.45, 2.75) is 6.54 Å². The Hall–Kier alpha value is -1.87. The van der Waals surface area contributed by atoms with Crippen LogP contribution in [0, 0.1) is 5.82 Å². The summed E-state index contributed by atoms with van der Waals surface area (Å²) in [6.45, 7) is 0.555. The number of hydrogen-bond donors (Lipinski definition) is 3. The van der Waals surface area contributed by atoms with Crippen LogP contribution in [0.1, 0.15) is 5.56 Å². The van der Waals surface area contributed by atoms with Crippen molar-refractivity contribution in [1.82, 2.24) is 10.6 Å². The van der Waals surface area contributed by atoms with E-state index in [0.29, 0.717) is 23.2 Å². The van der Waals surface area contributed by atoms with Crippen LogP contribution < -0.4 is 16.0 Å². The molecule has 8 heteroatoms. The predicted octanol–water partition coefficient (Wildman–Crippen LogP) is 3.40. The number of nitrogens with one attached hydrogen (secondary N) is 3. The Bertz CT molecular complexity index is 725. The topological polar surface area (TPSA) is 65.5 Å². The third-order valence-electron chi connectivity index (χ3n) is 3.12. The smallest absolute Gasteiger partial charge is 0.243 e. The SMILES string of the molecule is CN=C(NCC(=O)Nc1cccc(F)c1)NCc1ccc(Cl)cc1.I. The van der Waals surface area contributed by atoms with E-state index in [1.807, 2.05) is 12.1 Å². The fraction of sp³-hybridized carbons (Fsp3) is 0.176. The summed E-state index contributed by atoms with van der Waals surface area (Å²) in [6, 6.07) is 13.1. The maximum absolute atomic E-state index is 13.1. The van der Waals surface area contributed by atoms with E-state index < -0.39 is 5.82 Å². The van der Waals surface area contributed by atoms with Gasteiger partial charge in [0.25, 0.3) is 0 Å². The molecule has 0 aromatic heterocycles. The first-order valence-corrected chi connectivity index (χ1v) is 7.69. The number of halogens is 3. The summed E-state index contributed by atoms with van der Waals surface area (Å²) in [5.41, 5.74) is 1.44. The van der Waals surface area contributed by atoms with E-state index in [-0.39, 0.29) is 36.4 Å². The first kappa shape index (κ1) is 21.2. The highest BCUT2D eigenvalue weighted by Gasteiger charge is 2.05. The van der Waals surface area contributed by atoms with Gasteiger partial charge >= 0.3 is 0 Å². The summed E-state index contributed by atoms with van der Waals surface area (Å²) >= 11 is 5.84. The minimum absolute atomic E-state index is 0. The maximum atomic E-state index is 13.1. The fourth-order valence-corrected chi connectivity index (χ4v) is 2.07. The fourth-order valence-electron chi connectivity index (χ4n) is 1.94. The highest BCUT2D eigenvalue weighted by Crippen LogP contribution is 2.09. The monoisotopic (exact) mass is 476 g/mol. The molecule has 0 saturated carbocycles. The lowest BCUT2D eigenvalue weighted by Gasteiger charge is -2.12. The predicted molar refractivity (Wildman–Crippen MR) is 110 cm³/mol. The number of carbonyl (C=O) groups is 1. The molecule has 0 spiro atoms. The van der Waals surface area contributed by atoms with Gasteiger partial charge in [0.15, 0.2) is 5.96 Å². The second-order valence-corrected chi connectivity index (χ2v) is 5.40. The molecule has 2 aromatic rings. The minimum Gasteiger partial charge on any atom is -0.352 e. The maximum Gasteiger partial charge on any atom is 0.243 e. The number of anilines is 1. The van der Waals surface area contributed by atoms with Gasteiger partial charge in [-0.2, -0.15) is 0 Å². The molecule has 25 heavy (non-hydrogen) atoms. The second kappa shape index (κ2) is 10.9. The number of aliphatic imine (C=N–C) groups is 1. The number of benzene rings is 2. The first-order chi connectivity index (χ1) is 11.6. The van der Waals surface area contributed by atoms with Crippen LogP contribution in [-0.2, 0) is 11.3 Å². The average Bonchev–Trinajstić information content (AvgIpc) is 2.56. The number of amides is 1. The molecule has 0 aliphatic carbocycles. The largest absolute Gasteiger partial charge is 0.352 e. The number of hydrogen-bond acceptors (Lipinski definition) is 2. The Balaban J connectivity index is 0.00000312. The first-order valence-electron chi connectivity index (χ1n) is 7.31. The van der Waals surface area contributed by atoms with Crippen molar-refractivity contribution in [3.05, 3.63) is 64.9 Å². The molecule has 0 unspecified atom stereocenters. The van der Waals surface area contributed by atoms with Crippen LogP contribution in [-0.4, -0.2) is 25.5 Å². The summed E-state index contributed by atoms with van der Waals surface area (Å²) in [6.07, 6.45) is 0. The molecule has 0 atom stereocenters. The molecule has 0 bridgehead atoms. The molecule has 134 valence electrons. The van der Waals surface area contributed by atoms with E-state index in [9.17, 15) is 9.18 Å². The molecule has 0 aliphatic heterocycles. The summed E-state index contributed by atoms with van der Waals surface area (Å²) in [5.74, 6) is -0.212. The van der Waals surface area contributed by atoms with Crippen molar-refractivity contribution in [1.29, 1.82) is 0 Å². The molecule has 1 amide bonds. The van der Waals surface area contributed by atoms with Crippen LogP contribution in [0.5, 0.6) is 0 Å². The Kier molecular flexibility index (Phi) is 9.22. The van der Waals surface area contributed by atoms with Crippen molar-refractivity contribution in [3.8, 4) is 0 Å². The van der Waals surface area contributed by atoms with Gasteiger partial charge in [-0.1, -0.05) is 29.8 Å². The minimum atomic E-state index is -0.402. The Morgan fingerprint density at radius 2 is 1.88 bits per heavy atom. The van der Waals surface area contributed by atoms with Gasteiger partial charge in [-0.05, 0) is 35.9 Å². The van der Waals surface area contributed by atoms with Crippen LogP contribution in [0.3, 0.4) is 0 Å². The number of rotatable bonds is 5. The highest BCUT2D eigenvalue weighted by atomic mass is 127. The van der Waals surface area contributed by atoms with Gasteiger partial charge in [-0.15, -0.1) is 24.0 Å². The lowest BCUT2D eigenvalue weighted by Crippen LogP contribution is -2.41. The molecule has 3 N–H and O–H groups in total. The van der Waals surface area contributed by atoms with Gasteiger partial charge in [0.2, 0.25) is 5.91 Å². The van der Waals surface area contributed by atoms with Crippen molar-refractivity contribution in [2.24, 2.45) is 4.99 Å². The molecule has 0 aliphatic rings. The van der Waals surface area contributed by atoms with Gasteiger partial charge in [0.1, 0.15) is 5.82 Å². The van der Waals surface area contributed by atoms with Crippen LogP contribution in [0.25, 0.3) is 0 Å². The van der Waals surface area contributed by atoms with Gasteiger partial charge in [-0.25, -0.2) is 4.39 Å². The summed E-state index contributed by atoms with van der Waals surface area (Å²) < 4.78 is 13.1. The number of carbonyl (C=O) groups excluding carboxylic acids is 1. The lowest BCUT2D eigenvalue weighted by atomic mass is 10.2. The van der Waals surface area contributed by atoms with Gasteiger partial charge in [0.05, 0.1) is 6.54 Å². The molecular formula is C17H19ClFIN4O. The zero-order chi connectivity index (χ0) is 17.4. The van der Waals surface area contributed by atoms with Crippen molar-refractivity contribution >= 4 is 53.1 Å². The standard InChI is InChI=1S/C17H18ClFN4O.HI/c1-20-17(21-10-12-5-7-13(18)8-6-12)22-11-16(24)23-15-4-2-3-14(19)9-15;/h2-9H,10-11H2,1H3,(H,23,24)(H2,20,21,22);1H. The summed E-state index contributed by atoms with van der Waals surface area (Å²) in [7, 11) is 1.61. The van der Waals surface area contributed by atoms with E-state index in [1.165, 1.54) is 18.2 Å². The quantitative estimate of drug-likeness (QED) is 0.352. The molecule has 2 aromatic carbocycles. The summed E-state index contributed by atoms with van der Waals surface area (Å²) in [5, 5.41) is 9.26. The van der Waals surface area contributed by atoms with Gasteiger partial charge in [0, 0.05) is 24.3 Å². The van der Waals surface area contributed by atoms with Crippen LogP contribution in [0.2, 0.25) is 5.02 Å². The van der Waals surface area contributed by atoms with Crippen LogP contribution in [0.4, 0.5) is 10.1 Å². The molecule has 5 nitrogen and oxygen atoms in total. The van der Waals surface area contributed by atoms with Crippen LogP contribution >= 0.6 is 35.6 Å². The highest BCUT2D eigenvalue weighted by molar-refractivity contribution is 14.0. The normalized spacial score (nSPS) is 10.6. The molecule has 2 rings (SSSR count). The Labute approximate surface area is 168 Å². The zero-order valence-electron chi connectivity index (χ0n) is 13.6. The third-order valence-corrected chi connectivity index (χ3v) is 3.37. The molecule has 0 saturated heterocycles. The van der Waals surface area contributed by atoms with E-state index in [0.717, 1.165) is 5.56 Å². The molecule has 0 radical (unpaired) electrons. The molecule has 0 fully saturated rings. The van der Waals surface area contributed by atoms with E-state index >= 15 is 0 Å². The third kappa shape index (κ3) is 7.70. The zero-order valence-corrected chi connectivity index (χ0v) is 16.6. The van der Waals surface area contributed by atoms with E-state index in [2.05, 4.69) is 20.9 Å². The lowest BCUT2D eigenvalue weighted by molar-refractivity contribution is -0.115. The van der Waals surface area contributed by atoms with Crippen molar-refractivity contribution < 1.29 is 9.18 Å². The second-order valence-electron chi connectivity index (χ2n) is 4.96. The van der Waals surface area contributed by atoms with Gasteiger partial charge < -0.3 is 16.0 Å². The average molecular weight is 477 g/mol. The van der Waals surface area contributed by atoms with Crippen molar-refractivity contribution in [3.63, 3.8) is 0 Å². The number of nitrogens with zero attached hydrogens (tertiary/aromatic N) is 1. The molecular weight excluding hydrogens is 458 g/mol. The van der Waals surface area contributed by atoms with Crippen LogP contribution in [0.15, 0.2) is 53.5 Å². The Morgan fingerprint density at radius 3 is 2.52 bits per heavy atom.